The first-order valence-corrected chi connectivity index (χ1v) is 7.68. The van der Waals surface area contributed by atoms with Crippen molar-refractivity contribution in [1.82, 2.24) is 10.1 Å². The molecule has 2 aromatic rings. The minimum Gasteiger partial charge on any atom is -0.478 e. The summed E-state index contributed by atoms with van der Waals surface area (Å²) in [7, 11) is 0. The van der Waals surface area contributed by atoms with Gasteiger partial charge in [0, 0.05) is 18.8 Å². The van der Waals surface area contributed by atoms with Crippen molar-refractivity contribution < 1.29 is 23.6 Å². The predicted molar refractivity (Wildman–Crippen MR) is 81.2 cm³/mol. The maximum Gasteiger partial charge on any atom is 0.335 e. The predicted octanol–water partition coefficient (Wildman–Crippen LogP) is 2.75. The highest BCUT2D eigenvalue weighted by molar-refractivity contribution is 5.94. The Morgan fingerprint density at radius 2 is 2.17 bits per heavy atom. The van der Waals surface area contributed by atoms with Crippen molar-refractivity contribution in [2.24, 2.45) is 0 Å². The average Bonchev–Trinajstić information content (AvgIpc) is 3.29. The summed E-state index contributed by atoms with van der Waals surface area (Å²) in [5.41, 5.74) is -0.237. The van der Waals surface area contributed by atoms with Gasteiger partial charge in [0.15, 0.2) is 5.82 Å². The van der Waals surface area contributed by atoms with E-state index in [4.69, 9.17) is 9.63 Å². The lowest BCUT2D eigenvalue weighted by molar-refractivity contribution is -0.116. The van der Waals surface area contributed by atoms with E-state index in [9.17, 15) is 14.0 Å². The lowest BCUT2D eigenvalue weighted by atomic mass is 10.2. The number of carbonyl (C=O) groups excluding carboxylic acids is 1. The van der Waals surface area contributed by atoms with E-state index in [1.165, 1.54) is 0 Å². The highest BCUT2D eigenvalue weighted by Gasteiger charge is 2.28. The molecule has 0 radical (unpaired) electrons. The number of rotatable bonds is 7. The van der Waals surface area contributed by atoms with Crippen LogP contribution in [0.3, 0.4) is 0 Å². The summed E-state index contributed by atoms with van der Waals surface area (Å²) in [6.07, 6.45) is 3.24. The number of halogens is 1. The van der Waals surface area contributed by atoms with Crippen LogP contribution in [0.1, 0.15) is 53.7 Å². The number of nitrogens with one attached hydrogen (secondary N) is 1. The van der Waals surface area contributed by atoms with Crippen molar-refractivity contribution in [2.75, 3.05) is 5.32 Å². The summed E-state index contributed by atoms with van der Waals surface area (Å²) in [5, 5.41) is 15.2. The molecule has 0 atom stereocenters. The normalized spacial score (nSPS) is 13.7. The zero-order valence-corrected chi connectivity index (χ0v) is 12.8. The number of aromatic carboxylic acids is 1. The van der Waals surface area contributed by atoms with Crippen LogP contribution in [0.2, 0.25) is 0 Å². The van der Waals surface area contributed by atoms with E-state index in [1.807, 2.05) is 0 Å². The van der Waals surface area contributed by atoms with Gasteiger partial charge in [-0.2, -0.15) is 4.98 Å². The van der Waals surface area contributed by atoms with Gasteiger partial charge in [0.25, 0.3) is 0 Å². The summed E-state index contributed by atoms with van der Waals surface area (Å²) < 4.78 is 18.7. The van der Waals surface area contributed by atoms with E-state index in [1.54, 1.807) is 0 Å². The lowest BCUT2D eigenvalue weighted by Gasteiger charge is -2.07. The van der Waals surface area contributed by atoms with E-state index in [-0.39, 0.29) is 17.7 Å². The quantitative estimate of drug-likeness (QED) is 0.807. The van der Waals surface area contributed by atoms with Gasteiger partial charge >= 0.3 is 5.97 Å². The van der Waals surface area contributed by atoms with Crippen molar-refractivity contribution in [3.8, 4) is 0 Å². The smallest absolute Gasteiger partial charge is 0.335 e. The number of hydrogen-bond acceptors (Lipinski definition) is 5. The first kappa shape index (κ1) is 16.1. The maximum atomic E-state index is 13.6. The molecule has 0 aliphatic heterocycles. The Hall–Kier alpha value is -2.77. The van der Waals surface area contributed by atoms with Gasteiger partial charge in [0.2, 0.25) is 11.8 Å². The molecule has 2 N–H and O–H groups in total. The van der Waals surface area contributed by atoms with Crippen molar-refractivity contribution >= 4 is 17.6 Å². The summed E-state index contributed by atoms with van der Waals surface area (Å²) >= 11 is 0. The summed E-state index contributed by atoms with van der Waals surface area (Å²) in [6.45, 7) is 0. The second-order valence-electron chi connectivity index (χ2n) is 5.72. The molecule has 8 heteroatoms. The van der Waals surface area contributed by atoms with E-state index in [2.05, 4.69) is 15.5 Å². The molecule has 0 unspecified atom stereocenters. The standard InChI is InChI=1S/C16H16FN3O4/c17-11-7-6-10(16(22)23)8-12(11)18-13(21)2-1-3-14-19-15(20-24-14)9-4-5-9/h6-9H,1-5H2,(H,18,21)(H,22,23). The SMILES string of the molecule is O=C(CCCc1nc(C2CC2)no1)Nc1cc(C(=O)O)ccc1F. The maximum absolute atomic E-state index is 13.6. The average molecular weight is 333 g/mol. The number of aromatic nitrogens is 2. The Labute approximate surface area is 136 Å². The van der Waals surface area contributed by atoms with Gasteiger partial charge in [-0.05, 0) is 37.5 Å². The summed E-state index contributed by atoms with van der Waals surface area (Å²) in [5.74, 6) is -0.646. The Morgan fingerprint density at radius 3 is 2.88 bits per heavy atom. The van der Waals surface area contributed by atoms with Gasteiger partial charge < -0.3 is 14.9 Å². The Balaban J connectivity index is 1.50. The van der Waals surface area contributed by atoms with Gasteiger partial charge in [-0.15, -0.1) is 0 Å². The fourth-order valence-electron chi connectivity index (χ4n) is 2.24. The summed E-state index contributed by atoms with van der Waals surface area (Å²) in [6, 6.07) is 3.24. The Bertz CT molecular complexity index is 770. The monoisotopic (exact) mass is 333 g/mol. The number of aryl methyl sites for hydroxylation is 1. The molecular formula is C16H16FN3O4. The van der Waals surface area contributed by atoms with Gasteiger partial charge in [-0.3, -0.25) is 4.79 Å². The van der Waals surface area contributed by atoms with Crippen molar-refractivity contribution in [2.45, 2.75) is 38.0 Å². The third-order valence-corrected chi connectivity index (χ3v) is 3.71. The minimum absolute atomic E-state index is 0.0924. The molecule has 0 bridgehead atoms. The van der Waals surface area contributed by atoms with Crippen LogP contribution in [0.15, 0.2) is 22.7 Å². The van der Waals surface area contributed by atoms with Crippen LogP contribution in [0.5, 0.6) is 0 Å². The fraction of sp³-hybridized carbons (Fsp3) is 0.375. The van der Waals surface area contributed by atoms with Crippen LogP contribution in [0.4, 0.5) is 10.1 Å². The van der Waals surface area contributed by atoms with Crippen molar-refractivity contribution in [1.29, 1.82) is 0 Å². The van der Waals surface area contributed by atoms with Gasteiger partial charge in [-0.1, -0.05) is 5.16 Å². The van der Waals surface area contributed by atoms with Crippen LogP contribution < -0.4 is 5.32 Å². The molecule has 0 saturated heterocycles. The minimum atomic E-state index is -1.19. The molecule has 3 rings (SSSR count). The number of carbonyl (C=O) groups is 2. The number of anilines is 1. The highest BCUT2D eigenvalue weighted by atomic mass is 19.1. The molecule has 1 saturated carbocycles. The molecule has 126 valence electrons. The number of carboxylic acids is 1. The molecule has 1 aromatic carbocycles. The van der Waals surface area contributed by atoms with Crippen molar-refractivity contribution in [3.05, 3.63) is 41.3 Å². The molecule has 1 fully saturated rings. The zero-order chi connectivity index (χ0) is 17.1. The number of hydrogen-bond donors (Lipinski definition) is 2. The van der Waals surface area contributed by atoms with Crippen LogP contribution in [-0.2, 0) is 11.2 Å². The molecule has 1 aromatic heterocycles. The van der Waals surface area contributed by atoms with E-state index in [0.29, 0.717) is 24.7 Å². The molecule has 1 heterocycles. The van der Waals surface area contributed by atoms with E-state index < -0.39 is 17.7 Å². The molecule has 0 spiro atoms. The molecular weight excluding hydrogens is 317 g/mol. The van der Waals surface area contributed by atoms with Crippen molar-refractivity contribution in [3.63, 3.8) is 0 Å². The van der Waals surface area contributed by atoms with Crippen LogP contribution in [-0.4, -0.2) is 27.1 Å². The van der Waals surface area contributed by atoms with E-state index >= 15 is 0 Å². The zero-order valence-electron chi connectivity index (χ0n) is 12.8. The number of carboxylic acid groups (broad SMARTS) is 1. The Kier molecular flexibility index (Phi) is 4.54. The fourth-order valence-corrected chi connectivity index (χ4v) is 2.24. The van der Waals surface area contributed by atoms with E-state index in [0.717, 1.165) is 36.9 Å². The first-order valence-electron chi connectivity index (χ1n) is 7.68. The summed E-state index contributed by atoms with van der Waals surface area (Å²) in [4.78, 5) is 27.0. The number of amides is 1. The molecule has 1 amide bonds. The first-order chi connectivity index (χ1) is 11.5. The Morgan fingerprint density at radius 1 is 1.38 bits per heavy atom. The molecule has 7 nitrogen and oxygen atoms in total. The number of nitrogens with zero attached hydrogens (tertiary/aromatic N) is 2. The van der Waals surface area contributed by atoms with Crippen LogP contribution in [0, 0.1) is 5.82 Å². The number of benzene rings is 1. The highest BCUT2D eigenvalue weighted by Crippen LogP contribution is 2.38. The third-order valence-electron chi connectivity index (χ3n) is 3.71. The topological polar surface area (TPSA) is 105 Å². The van der Waals surface area contributed by atoms with Gasteiger partial charge in [-0.25, -0.2) is 9.18 Å². The van der Waals surface area contributed by atoms with Crippen LogP contribution >= 0.6 is 0 Å². The molecule has 24 heavy (non-hydrogen) atoms. The second-order valence-corrected chi connectivity index (χ2v) is 5.72. The van der Waals surface area contributed by atoms with Gasteiger partial charge in [0.1, 0.15) is 5.82 Å². The molecule has 1 aliphatic carbocycles. The van der Waals surface area contributed by atoms with Gasteiger partial charge in [0.05, 0.1) is 11.3 Å². The largest absolute Gasteiger partial charge is 0.478 e. The second kappa shape index (κ2) is 6.77. The molecule has 1 aliphatic rings. The lowest BCUT2D eigenvalue weighted by Crippen LogP contribution is -2.13. The third kappa shape index (κ3) is 3.95. The van der Waals surface area contributed by atoms with Crippen LogP contribution in [0.25, 0.3) is 0 Å².